The number of hydrogen-bond donors (Lipinski definition) is 3. The van der Waals surface area contributed by atoms with Crippen molar-refractivity contribution in [1.82, 2.24) is 5.32 Å². The van der Waals surface area contributed by atoms with Crippen LogP contribution in [-0.4, -0.2) is 35.0 Å². The van der Waals surface area contributed by atoms with Crippen LogP contribution in [0.15, 0.2) is 54.6 Å². The monoisotopic (exact) mass is 383 g/mol. The van der Waals surface area contributed by atoms with Crippen LogP contribution in [-0.2, 0) is 10.7 Å². The second-order valence-electron chi connectivity index (χ2n) is 6.36. The molecule has 0 aliphatic heterocycles. The van der Waals surface area contributed by atoms with E-state index in [0.29, 0.717) is 5.56 Å². The molecule has 0 heterocycles. The van der Waals surface area contributed by atoms with Crippen molar-refractivity contribution in [1.29, 1.82) is 0 Å². The molecular weight excluding hydrogens is 360 g/mol. The number of carboxylic acid groups (broad SMARTS) is 1. The Morgan fingerprint density at radius 3 is 2.48 bits per heavy atom. The maximum atomic E-state index is 12.2. The van der Waals surface area contributed by atoms with E-state index >= 15 is 0 Å². The second kappa shape index (κ2) is 10.8. The van der Waals surface area contributed by atoms with E-state index in [0.717, 1.165) is 5.56 Å². The molecular formula is C19H23LiNO5P. The van der Waals surface area contributed by atoms with Crippen LogP contribution in [0.1, 0.15) is 34.5 Å². The van der Waals surface area contributed by atoms with E-state index in [4.69, 9.17) is 5.11 Å². The Labute approximate surface area is 171 Å². The summed E-state index contributed by atoms with van der Waals surface area (Å²) in [6.07, 6.45) is -1.43. The zero-order valence-electron chi connectivity index (χ0n) is 15.5. The summed E-state index contributed by atoms with van der Waals surface area (Å²) in [6.45, 7) is 1.92. The molecule has 2 rings (SSSR count). The van der Waals surface area contributed by atoms with Gasteiger partial charge in [0.15, 0.2) is 0 Å². The number of benzene rings is 2. The van der Waals surface area contributed by atoms with Gasteiger partial charge in [0.25, 0.3) is 0 Å². The van der Waals surface area contributed by atoms with Crippen LogP contribution in [0, 0.1) is 0 Å². The Morgan fingerprint density at radius 1 is 1.19 bits per heavy atom. The molecule has 3 unspecified atom stereocenters. The van der Waals surface area contributed by atoms with Crippen molar-refractivity contribution < 1.29 is 43.3 Å². The standard InChI is InChI=1S/C19H24NO5P.Li/c1-14(16-8-5-9-17(10-16)19(22)23)20-11-18(21)13-26(24,25)12-15-6-3-2-4-7-15;/h2-10,14,18,20-21H,11-13H2,1H3,(H,22,23)(H,24,25);/q;+1/p-1. The first-order chi connectivity index (χ1) is 12.3. The van der Waals surface area contributed by atoms with Crippen molar-refractivity contribution in [3.63, 3.8) is 0 Å². The largest absolute Gasteiger partial charge is 1.00 e. The molecule has 140 valence electrons. The first-order valence-corrected chi connectivity index (χ1v) is 10.3. The number of carboxylic acids is 1. The Morgan fingerprint density at radius 2 is 1.85 bits per heavy atom. The molecule has 6 nitrogen and oxygen atoms in total. The van der Waals surface area contributed by atoms with E-state index in [2.05, 4.69) is 5.32 Å². The van der Waals surface area contributed by atoms with Crippen LogP contribution in [0.4, 0.5) is 0 Å². The summed E-state index contributed by atoms with van der Waals surface area (Å²) in [5, 5.41) is 22.2. The predicted molar refractivity (Wildman–Crippen MR) is 98.4 cm³/mol. The predicted octanol–water partition coefficient (Wildman–Crippen LogP) is -0.761. The maximum absolute atomic E-state index is 12.2. The fourth-order valence-corrected chi connectivity index (χ4v) is 4.35. The third kappa shape index (κ3) is 8.02. The van der Waals surface area contributed by atoms with Gasteiger partial charge in [0.1, 0.15) is 0 Å². The van der Waals surface area contributed by atoms with E-state index in [1.807, 2.05) is 13.0 Å². The van der Waals surface area contributed by atoms with Gasteiger partial charge in [0.2, 0.25) is 0 Å². The van der Waals surface area contributed by atoms with Crippen molar-refractivity contribution in [2.75, 3.05) is 12.7 Å². The summed E-state index contributed by atoms with van der Waals surface area (Å²) < 4.78 is 12.2. The normalized spacial score (nSPS) is 15.2. The first-order valence-electron chi connectivity index (χ1n) is 8.34. The Balaban J connectivity index is 0.00000364. The van der Waals surface area contributed by atoms with E-state index < -0.39 is 19.4 Å². The van der Waals surface area contributed by atoms with Gasteiger partial charge in [-0.3, -0.25) is 0 Å². The summed E-state index contributed by atoms with van der Waals surface area (Å²) in [7, 11) is -3.74. The van der Waals surface area contributed by atoms with Crippen molar-refractivity contribution in [3.05, 3.63) is 71.3 Å². The topological polar surface area (TPSA) is 110 Å². The summed E-state index contributed by atoms with van der Waals surface area (Å²) in [5.74, 6) is -1.01. The molecule has 27 heavy (non-hydrogen) atoms. The Hall–Kier alpha value is -1.38. The number of nitrogens with one attached hydrogen (secondary N) is 1. The smallest absolute Gasteiger partial charge is 0.799 e. The molecule has 0 aromatic heterocycles. The average Bonchev–Trinajstić information content (AvgIpc) is 2.59. The molecule has 0 saturated carbocycles. The molecule has 0 saturated heterocycles. The quantitative estimate of drug-likeness (QED) is 0.388. The molecule has 0 spiro atoms. The fourth-order valence-electron chi connectivity index (χ4n) is 2.68. The van der Waals surface area contributed by atoms with Gasteiger partial charge in [-0.2, -0.15) is 0 Å². The zero-order valence-corrected chi connectivity index (χ0v) is 16.4. The number of rotatable bonds is 9. The van der Waals surface area contributed by atoms with Crippen LogP contribution in [0.2, 0.25) is 0 Å². The molecule has 0 aliphatic carbocycles. The Bertz CT molecular complexity index is 787. The van der Waals surface area contributed by atoms with Crippen LogP contribution in [0.25, 0.3) is 0 Å². The number of hydrogen-bond acceptors (Lipinski definition) is 5. The summed E-state index contributed by atoms with van der Waals surface area (Å²) in [4.78, 5) is 23.2. The van der Waals surface area contributed by atoms with Gasteiger partial charge < -0.3 is 25.0 Å². The van der Waals surface area contributed by atoms with Crippen molar-refractivity contribution >= 4 is 13.3 Å². The van der Waals surface area contributed by atoms with Gasteiger partial charge in [-0.1, -0.05) is 42.5 Å². The molecule has 3 N–H and O–H groups in total. The van der Waals surface area contributed by atoms with Crippen molar-refractivity contribution in [2.45, 2.75) is 25.2 Å². The van der Waals surface area contributed by atoms with E-state index in [1.54, 1.807) is 42.5 Å². The SMILES string of the molecule is CC(NCC(O)CP(=O)([O-])Cc1ccccc1)c1cccc(C(=O)O)c1.[Li+]. The number of aliphatic hydroxyl groups is 1. The molecule has 2 aromatic carbocycles. The first kappa shape index (κ1) is 23.7. The Kier molecular flexibility index (Phi) is 9.48. The number of aromatic carboxylic acids is 1. The molecule has 0 bridgehead atoms. The van der Waals surface area contributed by atoms with E-state index in [-0.39, 0.29) is 49.3 Å². The van der Waals surface area contributed by atoms with Crippen LogP contribution < -0.4 is 29.1 Å². The van der Waals surface area contributed by atoms with Gasteiger partial charge in [0, 0.05) is 32.3 Å². The average molecular weight is 383 g/mol. The third-order valence-electron chi connectivity index (χ3n) is 4.05. The number of carbonyl (C=O) groups is 1. The molecule has 0 amide bonds. The molecule has 2 aromatic rings. The van der Waals surface area contributed by atoms with Crippen LogP contribution in [0.3, 0.4) is 0 Å². The van der Waals surface area contributed by atoms with Crippen LogP contribution in [0.5, 0.6) is 0 Å². The third-order valence-corrected chi connectivity index (χ3v) is 5.87. The van der Waals surface area contributed by atoms with Gasteiger partial charge in [-0.05, 0) is 30.2 Å². The fraction of sp³-hybridized carbons (Fsp3) is 0.316. The van der Waals surface area contributed by atoms with Gasteiger partial charge >= 0.3 is 24.8 Å². The van der Waals surface area contributed by atoms with Gasteiger partial charge in [0.05, 0.1) is 11.7 Å². The van der Waals surface area contributed by atoms with E-state index in [9.17, 15) is 19.4 Å². The minimum atomic E-state index is -3.74. The van der Waals surface area contributed by atoms with E-state index in [1.165, 1.54) is 6.07 Å². The van der Waals surface area contributed by atoms with Gasteiger partial charge in [-0.25, -0.2) is 4.79 Å². The molecule has 0 aliphatic rings. The summed E-state index contributed by atoms with van der Waals surface area (Å²) in [5.41, 5.74) is 1.64. The minimum Gasteiger partial charge on any atom is -0.799 e. The van der Waals surface area contributed by atoms with Crippen molar-refractivity contribution in [3.8, 4) is 0 Å². The summed E-state index contributed by atoms with van der Waals surface area (Å²) in [6, 6.07) is 15.1. The minimum absolute atomic E-state index is 0. The van der Waals surface area contributed by atoms with Gasteiger partial charge in [-0.15, -0.1) is 0 Å². The maximum Gasteiger partial charge on any atom is 1.00 e. The molecule has 3 atom stereocenters. The van der Waals surface area contributed by atoms with Crippen LogP contribution >= 0.6 is 7.37 Å². The molecule has 0 fully saturated rings. The number of aliphatic hydroxyl groups excluding tert-OH is 1. The second-order valence-corrected chi connectivity index (χ2v) is 8.67. The summed E-state index contributed by atoms with van der Waals surface area (Å²) >= 11 is 0. The molecule has 8 heteroatoms. The zero-order chi connectivity index (χ0) is 19.2. The van der Waals surface area contributed by atoms with Crippen molar-refractivity contribution in [2.24, 2.45) is 0 Å². The molecule has 0 radical (unpaired) electrons.